The molecule has 2 N–H and O–H groups in total. The first-order valence-electron chi connectivity index (χ1n) is 10.6. The number of fused-ring (bicyclic) bond motifs is 4. The molecule has 3 atom stereocenters. The van der Waals surface area contributed by atoms with E-state index in [1.807, 2.05) is 25.1 Å². The summed E-state index contributed by atoms with van der Waals surface area (Å²) in [7, 11) is 1.59. The van der Waals surface area contributed by atoms with Crippen LogP contribution in [0.3, 0.4) is 0 Å². The number of nitrogens with zero attached hydrogens (tertiary/aromatic N) is 1. The summed E-state index contributed by atoms with van der Waals surface area (Å²) in [5.74, 6) is 0.412. The van der Waals surface area contributed by atoms with E-state index in [0.29, 0.717) is 38.0 Å². The van der Waals surface area contributed by atoms with Gasteiger partial charge in [-0.3, -0.25) is 9.69 Å². The van der Waals surface area contributed by atoms with Crippen molar-refractivity contribution in [1.29, 1.82) is 0 Å². The van der Waals surface area contributed by atoms with Gasteiger partial charge in [0.05, 0.1) is 13.2 Å². The van der Waals surface area contributed by atoms with E-state index in [0.717, 1.165) is 5.56 Å². The summed E-state index contributed by atoms with van der Waals surface area (Å²) in [6.07, 6.45) is 0. The molecule has 0 spiro atoms. The summed E-state index contributed by atoms with van der Waals surface area (Å²) >= 11 is 18.3. The van der Waals surface area contributed by atoms with Crippen LogP contribution in [0, 0.1) is 5.92 Å². The predicted octanol–water partition coefficient (Wildman–Crippen LogP) is 5.80. The van der Waals surface area contributed by atoms with E-state index in [4.69, 9.17) is 44.9 Å². The van der Waals surface area contributed by atoms with Crippen molar-refractivity contribution in [3.63, 3.8) is 0 Å². The molecule has 174 valence electrons. The molecule has 3 aromatic rings. The first-order valence-corrected chi connectivity index (χ1v) is 11.8. The van der Waals surface area contributed by atoms with E-state index < -0.39 is 17.7 Å². The van der Waals surface area contributed by atoms with Crippen LogP contribution in [0.2, 0.25) is 10.0 Å². The molecule has 6 nitrogen and oxygen atoms in total. The highest BCUT2D eigenvalue weighted by Gasteiger charge is 2.59. The Hall–Kier alpha value is -3.00. The SMILES string of the molecule is COc1ccc(NC(=O)[C@H]2[C@@H]3NC(=S)N(c4cccc(Cl)c4)[C@@]2(C)Oc2ccc(Cl)cc23)cc1. The highest BCUT2D eigenvalue weighted by Crippen LogP contribution is 2.50. The Kier molecular flexibility index (Phi) is 5.80. The number of halogens is 2. The van der Waals surface area contributed by atoms with E-state index >= 15 is 0 Å². The summed E-state index contributed by atoms with van der Waals surface area (Å²) in [6.45, 7) is 1.86. The van der Waals surface area contributed by atoms with E-state index in [9.17, 15) is 4.79 Å². The highest BCUT2D eigenvalue weighted by atomic mass is 35.5. The van der Waals surface area contributed by atoms with Gasteiger partial charge in [0.1, 0.15) is 17.4 Å². The fourth-order valence-electron chi connectivity index (χ4n) is 4.65. The second-order valence-corrected chi connectivity index (χ2v) is 9.54. The lowest BCUT2D eigenvalue weighted by Crippen LogP contribution is -2.72. The Balaban J connectivity index is 1.60. The lowest BCUT2D eigenvalue weighted by atomic mass is 9.78. The van der Waals surface area contributed by atoms with Crippen LogP contribution >= 0.6 is 35.4 Å². The smallest absolute Gasteiger partial charge is 0.236 e. The maximum Gasteiger partial charge on any atom is 0.236 e. The van der Waals surface area contributed by atoms with Crippen LogP contribution in [-0.4, -0.2) is 23.9 Å². The minimum Gasteiger partial charge on any atom is -0.497 e. The van der Waals surface area contributed by atoms with Gasteiger partial charge in [-0.05, 0) is 79.8 Å². The maximum atomic E-state index is 13.8. The molecular formula is C25H21Cl2N3O3S. The average molecular weight is 514 g/mol. The average Bonchev–Trinajstić information content (AvgIpc) is 2.79. The van der Waals surface area contributed by atoms with Crippen LogP contribution in [0.5, 0.6) is 11.5 Å². The zero-order valence-corrected chi connectivity index (χ0v) is 20.7. The van der Waals surface area contributed by atoms with Crippen molar-refractivity contribution in [2.24, 2.45) is 5.92 Å². The van der Waals surface area contributed by atoms with Gasteiger partial charge in [0.2, 0.25) is 5.91 Å². The number of anilines is 2. The minimum atomic E-state index is -1.14. The molecule has 9 heteroatoms. The molecule has 1 fully saturated rings. The van der Waals surface area contributed by atoms with E-state index in [1.165, 1.54) is 0 Å². The topological polar surface area (TPSA) is 62.8 Å². The third kappa shape index (κ3) is 3.83. The number of ether oxygens (including phenoxy) is 2. The van der Waals surface area contributed by atoms with Gasteiger partial charge >= 0.3 is 0 Å². The molecule has 2 aliphatic rings. The normalized spacial score (nSPS) is 22.8. The van der Waals surface area contributed by atoms with Gasteiger partial charge in [-0.2, -0.15) is 0 Å². The number of nitrogens with one attached hydrogen (secondary N) is 2. The Morgan fingerprint density at radius 2 is 1.85 bits per heavy atom. The second kappa shape index (κ2) is 8.65. The van der Waals surface area contributed by atoms with Crippen molar-refractivity contribution in [1.82, 2.24) is 5.32 Å². The third-order valence-electron chi connectivity index (χ3n) is 6.17. The summed E-state index contributed by atoms with van der Waals surface area (Å²) < 4.78 is 11.8. The van der Waals surface area contributed by atoms with Crippen LogP contribution in [0.4, 0.5) is 11.4 Å². The highest BCUT2D eigenvalue weighted by molar-refractivity contribution is 7.80. The monoisotopic (exact) mass is 513 g/mol. The Labute approximate surface area is 212 Å². The van der Waals surface area contributed by atoms with Crippen LogP contribution in [0.1, 0.15) is 18.5 Å². The fourth-order valence-corrected chi connectivity index (χ4v) is 5.43. The Morgan fingerprint density at radius 1 is 1.12 bits per heavy atom. The van der Waals surface area contributed by atoms with Crippen molar-refractivity contribution in [3.05, 3.63) is 82.3 Å². The number of methoxy groups -OCH3 is 1. The standard InChI is InChI=1S/C25H21Cl2N3O3S/c1-25-21(23(31)28-16-7-9-18(32-2)10-8-16)22(19-13-15(27)6-11-20(19)33-25)29-24(34)30(25)17-5-3-4-14(26)12-17/h3-13,21-22H,1-2H3,(H,28,31)(H,29,34)/t21-,22-,25+/m1/s1. The number of benzene rings is 3. The molecule has 2 heterocycles. The number of hydrogen-bond donors (Lipinski definition) is 2. The molecule has 2 aliphatic heterocycles. The lowest BCUT2D eigenvalue weighted by molar-refractivity contribution is -0.130. The molecule has 1 saturated heterocycles. The summed E-state index contributed by atoms with van der Waals surface area (Å²) in [5.41, 5.74) is 0.981. The Morgan fingerprint density at radius 3 is 2.56 bits per heavy atom. The van der Waals surface area contributed by atoms with Crippen LogP contribution in [-0.2, 0) is 4.79 Å². The third-order valence-corrected chi connectivity index (χ3v) is 6.94. The number of amides is 1. The molecule has 0 unspecified atom stereocenters. The summed E-state index contributed by atoms with van der Waals surface area (Å²) in [4.78, 5) is 15.6. The first kappa shape index (κ1) is 22.8. The molecule has 0 aliphatic carbocycles. The number of carbonyl (C=O) groups is 1. The van der Waals surface area contributed by atoms with Crippen molar-refractivity contribution < 1.29 is 14.3 Å². The predicted molar refractivity (Wildman–Crippen MR) is 138 cm³/mol. The van der Waals surface area contributed by atoms with E-state index in [1.54, 1.807) is 60.5 Å². The van der Waals surface area contributed by atoms with Gasteiger partial charge in [0, 0.05) is 27.0 Å². The van der Waals surface area contributed by atoms with Crippen LogP contribution in [0.25, 0.3) is 0 Å². The van der Waals surface area contributed by atoms with Gasteiger partial charge in [0.25, 0.3) is 0 Å². The van der Waals surface area contributed by atoms with Crippen molar-refractivity contribution in [2.75, 3.05) is 17.3 Å². The quantitative estimate of drug-likeness (QED) is 0.429. The molecule has 2 bridgehead atoms. The van der Waals surface area contributed by atoms with E-state index in [-0.39, 0.29) is 5.91 Å². The van der Waals surface area contributed by atoms with Crippen LogP contribution in [0.15, 0.2) is 66.7 Å². The zero-order chi connectivity index (χ0) is 24.0. The van der Waals surface area contributed by atoms with E-state index in [2.05, 4.69) is 10.6 Å². The molecule has 0 radical (unpaired) electrons. The zero-order valence-electron chi connectivity index (χ0n) is 18.3. The molecule has 5 rings (SSSR count). The molecule has 1 amide bonds. The van der Waals surface area contributed by atoms with Gasteiger partial charge in [0.15, 0.2) is 10.8 Å². The number of hydrogen-bond acceptors (Lipinski definition) is 4. The van der Waals surface area contributed by atoms with Crippen molar-refractivity contribution >= 4 is 57.8 Å². The van der Waals surface area contributed by atoms with Crippen molar-refractivity contribution in [3.8, 4) is 11.5 Å². The summed E-state index contributed by atoms with van der Waals surface area (Å²) in [5, 5.41) is 7.89. The number of thiocarbonyl (C=S) groups is 1. The fraction of sp³-hybridized carbons (Fsp3) is 0.200. The summed E-state index contributed by atoms with van der Waals surface area (Å²) in [6, 6.07) is 19.4. The molecular weight excluding hydrogens is 493 g/mol. The Bertz CT molecular complexity index is 1290. The number of carbonyl (C=O) groups excluding carboxylic acids is 1. The van der Waals surface area contributed by atoms with Gasteiger partial charge in [-0.25, -0.2) is 0 Å². The largest absolute Gasteiger partial charge is 0.497 e. The van der Waals surface area contributed by atoms with Gasteiger partial charge in [-0.1, -0.05) is 29.3 Å². The molecule has 0 aromatic heterocycles. The van der Waals surface area contributed by atoms with Crippen molar-refractivity contribution in [2.45, 2.75) is 18.7 Å². The van der Waals surface area contributed by atoms with Gasteiger partial charge < -0.3 is 20.1 Å². The minimum absolute atomic E-state index is 0.231. The lowest BCUT2D eigenvalue weighted by Gasteiger charge is -2.56. The molecule has 0 saturated carbocycles. The maximum absolute atomic E-state index is 13.8. The van der Waals surface area contributed by atoms with Gasteiger partial charge in [-0.15, -0.1) is 0 Å². The second-order valence-electron chi connectivity index (χ2n) is 8.28. The van der Waals surface area contributed by atoms with Crippen LogP contribution < -0.4 is 25.0 Å². The molecule has 34 heavy (non-hydrogen) atoms. The number of rotatable bonds is 4. The molecule has 3 aromatic carbocycles. The first-order chi connectivity index (χ1) is 16.3.